The molecule has 0 amide bonds. The molecule has 76 valence electrons. The Morgan fingerprint density at radius 3 is 2.67 bits per heavy atom. The molecule has 0 spiro atoms. The lowest BCUT2D eigenvalue weighted by molar-refractivity contribution is 0.508. The summed E-state index contributed by atoms with van der Waals surface area (Å²) in [5, 5.41) is 1.40. The maximum Gasteiger partial charge on any atom is 0.274 e. The van der Waals surface area contributed by atoms with E-state index in [2.05, 4.69) is 6.08 Å². The number of allylic oxidation sites excluding steroid dienone is 2. The maximum absolute atomic E-state index is 11.9. The van der Waals surface area contributed by atoms with E-state index in [9.17, 15) is 4.79 Å². The van der Waals surface area contributed by atoms with E-state index < -0.39 is 0 Å². The van der Waals surface area contributed by atoms with Gasteiger partial charge in [0.05, 0.1) is 24.0 Å². The van der Waals surface area contributed by atoms with Crippen LogP contribution in [0.5, 0.6) is 0 Å². The van der Waals surface area contributed by atoms with Gasteiger partial charge in [-0.1, -0.05) is 23.8 Å². The van der Waals surface area contributed by atoms with Gasteiger partial charge >= 0.3 is 0 Å². The molecule has 1 aliphatic heterocycles. The number of nitrogens with zero attached hydrogens (tertiary/aromatic N) is 2. The van der Waals surface area contributed by atoms with Crippen LogP contribution in [0, 0.1) is 0 Å². The number of rotatable bonds is 0. The van der Waals surface area contributed by atoms with Gasteiger partial charge in [0, 0.05) is 5.02 Å². The second kappa shape index (κ2) is 3.00. The first kappa shape index (κ1) is 8.80. The molecule has 4 heteroatoms. The zero-order valence-electron chi connectivity index (χ0n) is 7.98. The maximum atomic E-state index is 11.9. The van der Waals surface area contributed by atoms with Crippen molar-refractivity contribution in [3.05, 3.63) is 45.7 Å². The van der Waals surface area contributed by atoms with Crippen molar-refractivity contribution < 1.29 is 0 Å². The highest BCUT2D eigenvalue weighted by Crippen LogP contribution is 2.18. The van der Waals surface area contributed by atoms with Crippen molar-refractivity contribution in [1.29, 1.82) is 0 Å². The summed E-state index contributed by atoms with van der Waals surface area (Å²) in [5.41, 5.74) is 0.975. The molecule has 0 bridgehead atoms. The fraction of sp³-hybridized carbons (Fsp3) is 0.182. The molecule has 15 heavy (non-hydrogen) atoms. The van der Waals surface area contributed by atoms with Gasteiger partial charge in [0.15, 0.2) is 0 Å². The summed E-state index contributed by atoms with van der Waals surface area (Å²) in [7, 11) is 0. The van der Waals surface area contributed by atoms with E-state index in [4.69, 9.17) is 11.6 Å². The Kier molecular flexibility index (Phi) is 1.76. The lowest BCUT2D eigenvalue weighted by atomic mass is 10.2. The Balaban J connectivity index is 2.47. The minimum atomic E-state index is 0.0611. The van der Waals surface area contributed by atoms with Crippen molar-refractivity contribution in [2.45, 2.75) is 13.1 Å². The fourth-order valence-corrected chi connectivity index (χ4v) is 2.17. The lowest BCUT2D eigenvalue weighted by Gasteiger charge is -2.12. The van der Waals surface area contributed by atoms with Gasteiger partial charge in [-0.2, -0.15) is 0 Å². The summed E-state index contributed by atoms with van der Waals surface area (Å²) < 4.78 is 3.70. The van der Waals surface area contributed by atoms with Crippen LogP contribution in [0.25, 0.3) is 10.9 Å². The zero-order valence-corrected chi connectivity index (χ0v) is 8.74. The summed E-state index contributed by atoms with van der Waals surface area (Å²) >= 11 is 5.93. The molecule has 1 aromatic heterocycles. The Morgan fingerprint density at radius 1 is 1.13 bits per heavy atom. The Morgan fingerprint density at radius 2 is 1.87 bits per heavy atom. The van der Waals surface area contributed by atoms with Crippen molar-refractivity contribution in [3.8, 4) is 0 Å². The van der Waals surface area contributed by atoms with E-state index in [0.717, 1.165) is 17.4 Å². The quantitative estimate of drug-likeness (QED) is 0.624. The normalized spacial score (nSPS) is 14.5. The SMILES string of the molecule is O=c1c2ccc(Cl)cc2n2n1CC=CC2. The molecule has 0 unspecified atom stereocenters. The summed E-state index contributed by atoms with van der Waals surface area (Å²) in [5.74, 6) is 0. The van der Waals surface area contributed by atoms with Crippen molar-refractivity contribution in [3.63, 3.8) is 0 Å². The first-order valence-electron chi connectivity index (χ1n) is 4.81. The van der Waals surface area contributed by atoms with Crippen LogP contribution in [-0.4, -0.2) is 9.36 Å². The molecule has 0 aliphatic carbocycles. The predicted molar refractivity (Wildman–Crippen MR) is 60.3 cm³/mol. The molecule has 0 radical (unpaired) electrons. The van der Waals surface area contributed by atoms with Crippen molar-refractivity contribution >= 4 is 22.5 Å². The lowest BCUT2D eigenvalue weighted by Crippen LogP contribution is -2.24. The molecule has 0 saturated carbocycles. The summed E-state index contributed by atoms with van der Waals surface area (Å²) in [6.07, 6.45) is 4.06. The average Bonchev–Trinajstić information content (AvgIpc) is 2.54. The second-order valence-electron chi connectivity index (χ2n) is 3.60. The third-order valence-electron chi connectivity index (χ3n) is 2.72. The summed E-state index contributed by atoms with van der Waals surface area (Å²) in [6, 6.07) is 5.39. The number of hydrogen-bond donors (Lipinski definition) is 0. The Bertz CT molecular complexity index is 621. The second-order valence-corrected chi connectivity index (χ2v) is 4.04. The van der Waals surface area contributed by atoms with Crippen LogP contribution in [0.1, 0.15) is 0 Å². The molecule has 0 N–H and O–H groups in total. The number of aromatic nitrogens is 2. The van der Waals surface area contributed by atoms with E-state index in [1.54, 1.807) is 16.8 Å². The Labute approximate surface area is 91.2 Å². The Hall–Kier alpha value is -1.48. The molecule has 2 aromatic rings. The van der Waals surface area contributed by atoms with Gasteiger partial charge in [0.25, 0.3) is 5.56 Å². The molecule has 0 atom stereocenters. The predicted octanol–water partition coefficient (Wildman–Crippen LogP) is 2.03. The van der Waals surface area contributed by atoms with Crippen LogP contribution in [0.2, 0.25) is 5.02 Å². The minimum Gasteiger partial charge on any atom is -0.278 e. The largest absolute Gasteiger partial charge is 0.278 e. The summed E-state index contributed by atoms with van der Waals surface area (Å²) in [4.78, 5) is 11.9. The van der Waals surface area contributed by atoms with Crippen LogP contribution < -0.4 is 5.56 Å². The van der Waals surface area contributed by atoms with Crippen molar-refractivity contribution in [2.75, 3.05) is 0 Å². The van der Waals surface area contributed by atoms with Crippen LogP contribution in [0.4, 0.5) is 0 Å². The molecular weight excluding hydrogens is 212 g/mol. The highest BCUT2D eigenvalue weighted by Gasteiger charge is 2.13. The van der Waals surface area contributed by atoms with Crippen LogP contribution in [0.15, 0.2) is 35.1 Å². The van der Waals surface area contributed by atoms with E-state index in [0.29, 0.717) is 11.6 Å². The van der Waals surface area contributed by atoms with Crippen LogP contribution in [0.3, 0.4) is 0 Å². The number of halogens is 1. The first-order valence-corrected chi connectivity index (χ1v) is 5.19. The smallest absolute Gasteiger partial charge is 0.274 e. The van der Waals surface area contributed by atoms with E-state index >= 15 is 0 Å². The summed E-state index contributed by atoms with van der Waals surface area (Å²) in [6.45, 7) is 1.38. The molecule has 2 heterocycles. The fourth-order valence-electron chi connectivity index (χ4n) is 2.01. The van der Waals surface area contributed by atoms with Crippen LogP contribution >= 0.6 is 11.6 Å². The van der Waals surface area contributed by atoms with E-state index in [1.807, 2.05) is 16.8 Å². The van der Waals surface area contributed by atoms with E-state index in [-0.39, 0.29) is 5.56 Å². The minimum absolute atomic E-state index is 0.0611. The number of benzene rings is 1. The topological polar surface area (TPSA) is 26.9 Å². The number of fused-ring (bicyclic) bond motifs is 3. The molecule has 0 saturated heterocycles. The molecule has 3 rings (SSSR count). The average molecular weight is 221 g/mol. The third-order valence-corrected chi connectivity index (χ3v) is 2.95. The first-order chi connectivity index (χ1) is 7.27. The number of hydrogen-bond acceptors (Lipinski definition) is 1. The van der Waals surface area contributed by atoms with Crippen molar-refractivity contribution in [1.82, 2.24) is 9.36 Å². The molecular formula is C11H9ClN2O. The zero-order chi connectivity index (χ0) is 10.4. The molecule has 1 aromatic carbocycles. The van der Waals surface area contributed by atoms with Gasteiger partial charge in [0.1, 0.15) is 0 Å². The third kappa shape index (κ3) is 1.16. The van der Waals surface area contributed by atoms with Gasteiger partial charge in [-0.3, -0.25) is 9.48 Å². The highest BCUT2D eigenvalue weighted by molar-refractivity contribution is 6.31. The van der Waals surface area contributed by atoms with Gasteiger partial charge in [0.2, 0.25) is 0 Å². The van der Waals surface area contributed by atoms with Crippen molar-refractivity contribution in [2.24, 2.45) is 0 Å². The molecule has 1 aliphatic rings. The van der Waals surface area contributed by atoms with Crippen LogP contribution in [-0.2, 0) is 13.1 Å². The standard InChI is InChI=1S/C11H9ClN2O/c12-8-3-4-9-10(7-8)13-5-1-2-6-14(13)11(9)15/h1-4,7H,5-6H2. The van der Waals surface area contributed by atoms with Gasteiger partial charge < -0.3 is 0 Å². The molecule has 0 fully saturated rings. The van der Waals surface area contributed by atoms with Gasteiger partial charge in [-0.25, -0.2) is 4.68 Å². The van der Waals surface area contributed by atoms with E-state index in [1.165, 1.54) is 0 Å². The monoisotopic (exact) mass is 220 g/mol. The molecule has 3 nitrogen and oxygen atoms in total. The van der Waals surface area contributed by atoms with Gasteiger partial charge in [-0.15, -0.1) is 0 Å². The highest BCUT2D eigenvalue weighted by atomic mass is 35.5. The van der Waals surface area contributed by atoms with Gasteiger partial charge in [-0.05, 0) is 18.2 Å².